The molecule has 1 atom stereocenters. The van der Waals surface area contributed by atoms with Crippen LogP contribution in [-0.2, 0) is 14.9 Å². The van der Waals surface area contributed by atoms with Crippen molar-refractivity contribution < 1.29 is 13.2 Å². The third-order valence-corrected chi connectivity index (χ3v) is 7.20. The smallest absolute Gasteiger partial charge is 0.301 e. The van der Waals surface area contributed by atoms with Gasteiger partial charge in [0.25, 0.3) is 0 Å². The van der Waals surface area contributed by atoms with E-state index in [1.54, 1.807) is 12.1 Å². The minimum Gasteiger partial charge on any atom is -0.424 e. The predicted molar refractivity (Wildman–Crippen MR) is 121 cm³/mol. The Bertz CT molecular complexity index is 1050. The highest BCUT2D eigenvalue weighted by molar-refractivity contribution is 7.90. The molecule has 8 nitrogen and oxygen atoms in total. The van der Waals surface area contributed by atoms with Gasteiger partial charge >= 0.3 is 10.2 Å². The molecule has 0 amide bonds. The van der Waals surface area contributed by atoms with E-state index in [0.29, 0.717) is 30.2 Å². The SMILES string of the molecule is CCN(C)C1=C(C(C)(C)C)C(c2ccc(N3CCCNS3(=O)=O)cc2)C(C#N)=C(N)O1. The average molecular weight is 446 g/mol. The van der Waals surface area contributed by atoms with Crippen molar-refractivity contribution in [2.45, 2.75) is 40.0 Å². The predicted octanol–water partition coefficient (Wildman–Crippen LogP) is 2.75. The molecule has 3 N–H and O–H groups in total. The van der Waals surface area contributed by atoms with Gasteiger partial charge in [-0.3, -0.25) is 4.31 Å². The van der Waals surface area contributed by atoms with Crippen molar-refractivity contribution in [3.63, 3.8) is 0 Å². The van der Waals surface area contributed by atoms with Gasteiger partial charge in [0.2, 0.25) is 5.88 Å². The van der Waals surface area contributed by atoms with Gasteiger partial charge in [0.15, 0.2) is 5.88 Å². The van der Waals surface area contributed by atoms with Gasteiger partial charge in [-0.1, -0.05) is 32.9 Å². The summed E-state index contributed by atoms with van der Waals surface area (Å²) >= 11 is 0. The van der Waals surface area contributed by atoms with Crippen molar-refractivity contribution in [3.8, 4) is 6.07 Å². The Kier molecular flexibility index (Phi) is 6.25. The van der Waals surface area contributed by atoms with E-state index in [4.69, 9.17) is 10.5 Å². The molecule has 0 radical (unpaired) electrons. The van der Waals surface area contributed by atoms with E-state index in [9.17, 15) is 13.7 Å². The van der Waals surface area contributed by atoms with Gasteiger partial charge in [-0.05, 0) is 36.5 Å². The molecule has 2 heterocycles. The molecular formula is C22H31N5O3S. The second-order valence-electron chi connectivity index (χ2n) is 8.82. The van der Waals surface area contributed by atoms with Crippen LogP contribution in [-0.4, -0.2) is 40.0 Å². The second kappa shape index (κ2) is 8.44. The van der Waals surface area contributed by atoms with Crippen LogP contribution in [0.4, 0.5) is 5.69 Å². The third-order valence-electron chi connectivity index (χ3n) is 5.66. The lowest BCUT2D eigenvalue weighted by Gasteiger charge is -2.38. The Morgan fingerprint density at radius 3 is 2.48 bits per heavy atom. The van der Waals surface area contributed by atoms with Crippen LogP contribution in [0.25, 0.3) is 0 Å². The van der Waals surface area contributed by atoms with Crippen molar-refractivity contribution in [2.75, 3.05) is 31.0 Å². The van der Waals surface area contributed by atoms with Crippen molar-refractivity contribution in [3.05, 3.63) is 52.7 Å². The lowest BCUT2D eigenvalue weighted by Crippen LogP contribution is -2.47. The molecule has 0 saturated carbocycles. The van der Waals surface area contributed by atoms with Crippen LogP contribution in [0.5, 0.6) is 0 Å². The van der Waals surface area contributed by atoms with Crippen LogP contribution in [0.1, 0.15) is 45.6 Å². The Balaban J connectivity index is 2.12. The maximum Gasteiger partial charge on any atom is 0.301 e. The number of nitrogens with zero attached hydrogens (tertiary/aromatic N) is 3. The minimum absolute atomic E-state index is 0.0997. The summed E-state index contributed by atoms with van der Waals surface area (Å²) in [5.41, 5.74) is 8.64. The molecule has 1 fully saturated rings. The van der Waals surface area contributed by atoms with E-state index in [0.717, 1.165) is 24.1 Å². The summed E-state index contributed by atoms with van der Waals surface area (Å²) in [4.78, 5) is 1.98. The summed E-state index contributed by atoms with van der Waals surface area (Å²) in [6, 6.07) is 9.54. The van der Waals surface area contributed by atoms with E-state index in [1.165, 1.54) is 4.31 Å². The average Bonchev–Trinajstić information content (AvgIpc) is 2.71. The number of anilines is 1. The number of allylic oxidation sites excluding steroid dienone is 2. The van der Waals surface area contributed by atoms with Gasteiger partial charge < -0.3 is 15.4 Å². The summed E-state index contributed by atoms with van der Waals surface area (Å²) in [5.74, 6) is 0.374. The molecule has 0 aromatic heterocycles. The zero-order valence-electron chi connectivity index (χ0n) is 18.8. The highest BCUT2D eigenvalue weighted by atomic mass is 32.2. The van der Waals surface area contributed by atoms with Gasteiger partial charge in [0, 0.05) is 32.3 Å². The number of nitriles is 1. The molecule has 0 spiro atoms. The molecule has 1 saturated heterocycles. The summed E-state index contributed by atoms with van der Waals surface area (Å²) < 4.78 is 34.6. The standard InChI is InChI=1S/C22H31N5O3S/c1-6-26(5)21-19(22(2,3)4)18(17(14-23)20(24)30-21)15-8-10-16(11-9-15)27-13-7-12-25-31(27,28)29/h8-11,18,25H,6-7,12-13,24H2,1-5H3. The van der Waals surface area contributed by atoms with Crippen molar-refractivity contribution >= 4 is 15.9 Å². The molecule has 31 heavy (non-hydrogen) atoms. The fourth-order valence-corrected chi connectivity index (χ4v) is 5.31. The maximum absolute atomic E-state index is 12.4. The first kappa shape index (κ1) is 23.0. The van der Waals surface area contributed by atoms with Crippen LogP contribution in [0.15, 0.2) is 47.2 Å². The van der Waals surface area contributed by atoms with Crippen molar-refractivity contribution in [1.82, 2.24) is 9.62 Å². The summed E-state index contributed by atoms with van der Waals surface area (Å²) in [5, 5.41) is 9.89. The van der Waals surface area contributed by atoms with Gasteiger partial charge in [0.05, 0.1) is 11.6 Å². The van der Waals surface area contributed by atoms with Crippen molar-refractivity contribution in [2.24, 2.45) is 11.1 Å². The first-order valence-corrected chi connectivity index (χ1v) is 11.9. The van der Waals surface area contributed by atoms with Gasteiger partial charge in [-0.25, -0.2) is 0 Å². The fraction of sp³-hybridized carbons (Fsp3) is 0.500. The molecule has 2 aliphatic heterocycles. The van der Waals surface area contributed by atoms with E-state index < -0.39 is 10.2 Å². The zero-order valence-corrected chi connectivity index (χ0v) is 19.6. The van der Waals surface area contributed by atoms with Gasteiger partial charge in [0.1, 0.15) is 11.6 Å². The molecule has 168 valence electrons. The number of nitrogens with one attached hydrogen (secondary N) is 1. The van der Waals surface area contributed by atoms with Crippen LogP contribution >= 0.6 is 0 Å². The quantitative estimate of drug-likeness (QED) is 0.737. The Morgan fingerprint density at radius 1 is 1.32 bits per heavy atom. The normalized spacial score (nSPS) is 21.5. The number of nitrogens with two attached hydrogens (primary N) is 1. The molecule has 3 rings (SSSR count). The molecule has 9 heteroatoms. The third kappa shape index (κ3) is 4.36. The Hall–Kier alpha value is -2.70. The molecule has 0 aliphatic carbocycles. The van der Waals surface area contributed by atoms with E-state index >= 15 is 0 Å². The Morgan fingerprint density at radius 2 is 1.97 bits per heavy atom. The first-order valence-electron chi connectivity index (χ1n) is 10.4. The zero-order chi connectivity index (χ0) is 23.0. The number of hydrogen-bond donors (Lipinski definition) is 2. The van der Waals surface area contributed by atoms with Gasteiger partial charge in [-0.2, -0.15) is 18.4 Å². The lowest BCUT2D eigenvalue weighted by atomic mass is 9.72. The van der Waals surface area contributed by atoms with Gasteiger partial charge in [-0.15, -0.1) is 0 Å². The highest BCUT2D eigenvalue weighted by Crippen LogP contribution is 2.47. The summed E-state index contributed by atoms with van der Waals surface area (Å²) in [7, 11) is -1.60. The summed E-state index contributed by atoms with van der Waals surface area (Å²) in [6.07, 6.45) is 0.739. The second-order valence-corrected chi connectivity index (χ2v) is 10.5. The largest absolute Gasteiger partial charge is 0.424 e. The van der Waals surface area contributed by atoms with E-state index in [1.807, 2.05) is 31.0 Å². The first-order chi connectivity index (χ1) is 14.5. The van der Waals surface area contributed by atoms with Crippen molar-refractivity contribution in [1.29, 1.82) is 5.26 Å². The lowest BCUT2D eigenvalue weighted by molar-refractivity contribution is 0.159. The number of rotatable bonds is 4. The highest BCUT2D eigenvalue weighted by Gasteiger charge is 2.40. The van der Waals surface area contributed by atoms with E-state index in [2.05, 4.69) is 31.6 Å². The molecule has 0 bridgehead atoms. The molecule has 1 unspecified atom stereocenters. The van der Waals surface area contributed by atoms with Crippen LogP contribution in [0, 0.1) is 16.7 Å². The minimum atomic E-state index is -3.53. The topological polar surface area (TPSA) is 112 Å². The molecule has 1 aromatic rings. The van der Waals surface area contributed by atoms with Crippen LogP contribution < -0.4 is 14.8 Å². The Labute approximate surface area is 185 Å². The van der Waals surface area contributed by atoms with E-state index in [-0.39, 0.29) is 17.2 Å². The fourth-order valence-electron chi connectivity index (χ4n) is 3.98. The summed E-state index contributed by atoms with van der Waals surface area (Å²) in [6.45, 7) is 9.86. The monoisotopic (exact) mass is 445 g/mol. The molecule has 1 aromatic carbocycles. The van der Waals surface area contributed by atoms with Crippen LogP contribution in [0.3, 0.4) is 0 Å². The molecular weight excluding hydrogens is 414 g/mol. The number of ether oxygens (including phenoxy) is 1. The maximum atomic E-state index is 12.4. The number of benzene rings is 1. The molecule has 2 aliphatic rings. The van der Waals surface area contributed by atoms with Crippen LogP contribution in [0.2, 0.25) is 0 Å². The number of hydrogen-bond acceptors (Lipinski definition) is 6.